The second kappa shape index (κ2) is 6.46. The van der Waals surface area contributed by atoms with E-state index in [-0.39, 0.29) is 11.8 Å². The minimum absolute atomic E-state index is 0.224. The van der Waals surface area contributed by atoms with Crippen LogP contribution in [0.25, 0.3) is 0 Å². The number of hydrogen-bond donors (Lipinski definition) is 1. The standard InChI is InChI=1S/C17H24FNO2/c1-4-21-16(20)17(7-5-6-12(2)11-17)19-15-9-13(3)8-14(18)10-15/h8-10,12,19H,4-7,11H2,1-3H3. The molecule has 0 aromatic heterocycles. The molecule has 2 atom stereocenters. The third-order valence-corrected chi connectivity index (χ3v) is 4.09. The van der Waals surface area contributed by atoms with Gasteiger partial charge in [0.1, 0.15) is 11.4 Å². The van der Waals surface area contributed by atoms with E-state index in [2.05, 4.69) is 12.2 Å². The van der Waals surface area contributed by atoms with Gasteiger partial charge in [0.25, 0.3) is 0 Å². The van der Waals surface area contributed by atoms with Crippen LogP contribution in [0, 0.1) is 18.7 Å². The van der Waals surface area contributed by atoms with Gasteiger partial charge in [-0.15, -0.1) is 0 Å². The lowest BCUT2D eigenvalue weighted by atomic mass is 9.76. The summed E-state index contributed by atoms with van der Waals surface area (Å²) < 4.78 is 18.8. The number of nitrogens with one attached hydrogen (secondary N) is 1. The van der Waals surface area contributed by atoms with Crippen molar-refractivity contribution in [1.82, 2.24) is 0 Å². The normalized spacial score (nSPS) is 25.4. The van der Waals surface area contributed by atoms with E-state index in [9.17, 15) is 9.18 Å². The minimum atomic E-state index is -0.728. The first kappa shape index (κ1) is 15.8. The zero-order valence-electron chi connectivity index (χ0n) is 13.0. The van der Waals surface area contributed by atoms with Gasteiger partial charge in [-0.2, -0.15) is 0 Å². The molecule has 1 N–H and O–H groups in total. The van der Waals surface area contributed by atoms with Gasteiger partial charge in [0.2, 0.25) is 0 Å². The number of esters is 1. The fourth-order valence-electron chi connectivity index (χ4n) is 3.26. The van der Waals surface area contributed by atoms with Gasteiger partial charge in [-0.1, -0.05) is 19.8 Å². The molecule has 0 heterocycles. The quantitative estimate of drug-likeness (QED) is 0.851. The molecule has 21 heavy (non-hydrogen) atoms. The molecule has 0 aliphatic heterocycles. The zero-order valence-corrected chi connectivity index (χ0v) is 13.0. The fourth-order valence-corrected chi connectivity index (χ4v) is 3.26. The van der Waals surface area contributed by atoms with Crippen molar-refractivity contribution < 1.29 is 13.9 Å². The van der Waals surface area contributed by atoms with E-state index in [1.807, 2.05) is 19.9 Å². The largest absolute Gasteiger partial charge is 0.464 e. The third kappa shape index (κ3) is 3.74. The predicted molar refractivity (Wildman–Crippen MR) is 81.8 cm³/mol. The van der Waals surface area contributed by atoms with Gasteiger partial charge in [-0.3, -0.25) is 0 Å². The molecular formula is C17H24FNO2. The summed E-state index contributed by atoms with van der Waals surface area (Å²) >= 11 is 0. The Bertz CT molecular complexity index is 497. The van der Waals surface area contributed by atoms with E-state index in [0.29, 0.717) is 18.2 Å². The van der Waals surface area contributed by atoms with E-state index in [1.54, 1.807) is 0 Å². The van der Waals surface area contributed by atoms with E-state index in [1.165, 1.54) is 12.1 Å². The number of carbonyl (C=O) groups excluding carboxylic acids is 1. The molecule has 0 bridgehead atoms. The molecular weight excluding hydrogens is 269 g/mol. The van der Waals surface area contributed by atoms with Crippen LogP contribution in [-0.4, -0.2) is 18.1 Å². The molecule has 1 saturated carbocycles. The molecule has 0 saturated heterocycles. The zero-order chi connectivity index (χ0) is 15.5. The van der Waals surface area contributed by atoms with Crippen molar-refractivity contribution >= 4 is 11.7 Å². The highest BCUT2D eigenvalue weighted by Gasteiger charge is 2.43. The van der Waals surface area contributed by atoms with E-state index in [4.69, 9.17) is 4.74 Å². The number of carbonyl (C=O) groups is 1. The SMILES string of the molecule is CCOC(=O)C1(Nc2cc(C)cc(F)c2)CCCC(C)C1. The first-order valence-electron chi connectivity index (χ1n) is 7.68. The number of ether oxygens (including phenoxy) is 1. The van der Waals surface area contributed by atoms with Crippen molar-refractivity contribution in [3.8, 4) is 0 Å². The molecule has 2 rings (SSSR count). The number of aryl methyl sites for hydroxylation is 1. The molecule has 0 spiro atoms. The van der Waals surface area contributed by atoms with E-state index in [0.717, 1.165) is 31.2 Å². The van der Waals surface area contributed by atoms with Crippen LogP contribution in [0.1, 0.15) is 45.1 Å². The Kier molecular flexibility index (Phi) is 4.86. The van der Waals surface area contributed by atoms with Crippen molar-refractivity contribution in [1.29, 1.82) is 0 Å². The Hall–Kier alpha value is -1.58. The summed E-state index contributed by atoms with van der Waals surface area (Å²) in [5, 5.41) is 3.28. The Labute approximate surface area is 125 Å². The minimum Gasteiger partial charge on any atom is -0.464 e. The van der Waals surface area contributed by atoms with Crippen LogP contribution in [0.3, 0.4) is 0 Å². The van der Waals surface area contributed by atoms with Crippen molar-refractivity contribution in [2.75, 3.05) is 11.9 Å². The van der Waals surface area contributed by atoms with Crippen LogP contribution in [0.15, 0.2) is 18.2 Å². The number of halogens is 1. The molecule has 0 radical (unpaired) electrons. The highest BCUT2D eigenvalue weighted by molar-refractivity contribution is 5.84. The summed E-state index contributed by atoms with van der Waals surface area (Å²) in [7, 11) is 0. The second-order valence-corrected chi connectivity index (χ2v) is 6.15. The smallest absolute Gasteiger partial charge is 0.331 e. The molecule has 1 aliphatic rings. The molecule has 1 aliphatic carbocycles. The van der Waals surface area contributed by atoms with Crippen LogP contribution in [-0.2, 0) is 9.53 Å². The van der Waals surface area contributed by atoms with Gasteiger partial charge < -0.3 is 10.1 Å². The maximum Gasteiger partial charge on any atom is 0.331 e. The van der Waals surface area contributed by atoms with Gasteiger partial charge in [0.05, 0.1) is 6.61 Å². The van der Waals surface area contributed by atoms with Gasteiger partial charge >= 0.3 is 5.97 Å². The van der Waals surface area contributed by atoms with Gasteiger partial charge in [-0.25, -0.2) is 9.18 Å². The average Bonchev–Trinajstić information content (AvgIpc) is 2.37. The lowest BCUT2D eigenvalue weighted by Crippen LogP contribution is -2.50. The monoisotopic (exact) mass is 293 g/mol. The maximum absolute atomic E-state index is 13.6. The van der Waals surface area contributed by atoms with Crippen LogP contribution >= 0.6 is 0 Å². The van der Waals surface area contributed by atoms with Crippen LogP contribution < -0.4 is 5.32 Å². The maximum atomic E-state index is 13.6. The number of benzene rings is 1. The summed E-state index contributed by atoms with van der Waals surface area (Å²) in [5.41, 5.74) is 0.753. The van der Waals surface area contributed by atoms with Gasteiger partial charge in [-0.05, 0) is 56.4 Å². The van der Waals surface area contributed by atoms with Crippen molar-refractivity contribution in [3.63, 3.8) is 0 Å². The average molecular weight is 293 g/mol. The lowest BCUT2D eigenvalue weighted by Gasteiger charge is -2.39. The molecule has 2 unspecified atom stereocenters. The summed E-state index contributed by atoms with van der Waals surface area (Å²) in [6.07, 6.45) is 3.54. The van der Waals surface area contributed by atoms with Crippen LogP contribution in [0.4, 0.5) is 10.1 Å². The third-order valence-electron chi connectivity index (χ3n) is 4.09. The van der Waals surface area contributed by atoms with Crippen LogP contribution in [0.5, 0.6) is 0 Å². The highest BCUT2D eigenvalue weighted by Crippen LogP contribution is 2.36. The number of rotatable bonds is 4. The van der Waals surface area contributed by atoms with Crippen molar-refractivity contribution in [3.05, 3.63) is 29.6 Å². The summed E-state index contributed by atoms with van der Waals surface area (Å²) in [5.74, 6) is -0.0656. The van der Waals surface area contributed by atoms with E-state index < -0.39 is 5.54 Å². The second-order valence-electron chi connectivity index (χ2n) is 6.15. The molecule has 116 valence electrons. The van der Waals surface area contributed by atoms with Gasteiger partial charge in [0.15, 0.2) is 0 Å². The Morgan fingerprint density at radius 1 is 1.48 bits per heavy atom. The fraction of sp³-hybridized carbons (Fsp3) is 0.588. The predicted octanol–water partition coefficient (Wildman–Crippen LogP) is 4.06. The first-order valence-corrected chi connectivity index (χ1v) is 7.68. The van der Waals surface area contributed by atoms with E-state index >= 15 is 0 Å². The Balaban J connectivity index is 2.29. The summed E-state index contributed by atoms with van der Waals surface area (Å²) in [4.78, 5) is 12.5. The van der Waals surface area contributed by atoms with Crippen LogP contribution in [0.2, 0.25) is 0 Å². The molecule has 1 fully saturated rings. The molecule has 1 aromatic rings. The molecule has 1 aromatic carbocycles. The summed E-state index contributed by atoms with van der Waals surface area (Å²) in [6, 6.07) is 4.78. The number of anilines is 1. The van der Waals surface area contributed by atoms with Crippen molar-refractivity contribution in [2.45, 2.75) is 52.0 Å². The summed E-state index contributed by atoms with van der Waals surface area (Å²) in [6.45, 7) is 6.16. The topological polar surface area (TPSA) is 38.3 Å². The molecule has 3 nitrogen and oxygen atoms in total. The Morgan fingerprint density at radius 2 is 2.24 bits per heavy atom. The lowest BCUT2D eigenvalue weighted by molar-refractivity contribution is -0.150. The van der Waals surface area contributed by atoms with Gasteiger partial charge in [0, 0.05) is 5.69 Å². The first-order chi connectivity index (χ1) is 9.95. The molecule has 4 heteroatoms. The molecule has 0 amide bonds. The highest BCUT2D eigenvalue weighted by atomic mass is 19.1. The number of hydrogen-bond acceptors (Lipinski definition) is 3. The van der Waals surface area contributed by atoms with Crippen molar-refractivity contribution in [2.24, 2.45) is 5.92 Å². The Morgan fingerprint density at radius 3 is 2.86 bits per heavy atom.